The summed E-state index contributed by atoms with van der Waals surface area (Å²) in [7, 11) is 0. The number of rotatable bonds is 7. The van der Waals surface area contributed by atoms with Gasteiger partial charge in [0.2, 0.25) is 0 Å². The Balaban J connectivity index is 2.25. The lowest BCUT2D eigenvalue weighted by Gasteiger charge is -2.20. The summed E-state index contributed by atoms with van der Waals surface area (Å²) in [5.41, 5.74) is 1.12. The number of aromatic nitrogens is 2. The van der Waals surface area contributed by atoms with Gasteiger partial charge in [0.05, 0.1) is 0 Å². The number of hydrogen-bond acceptors (Lipinski definition) is 2. The Morgan fingerprint density at radius 3 is 2.86 bits per heavy atom. The number of nitrogens with zero attached hydrogens (tertiary/aromatic N) is 2. The molecule has 0 saturated carbocycles. The number of nitrogens with one attached hydrogen (secondary N) is 1. The minimum absolute atomic E-state index is 0.179. The summed E-state index contributed by atoms with van der Waals surface area (Å²) < 4.78 is 3.17. The molecule has 1 aromatic heterocycles. The summed E-state index contributed by atoms with van der Waals surface area (Å²) in [4.78, 5) is 4.48. The Labute approximate surface area is 139 Å². The lowest BCUT2D eigenvalue weighted by atomic mass is 10.0. The van der Waals surface area contributed by atoms with Gasteiger partial charge >= 0.3 is 0 Å². The van der Waals surface area contributed by atoms with E-state index in [0.717, 1.165) is 46.8 Å². The van der Waals surface area contributed by atoms with Gasteiger partial charge in [0.15, 0.2) is 0 Å². The van der Waals surface area contributed by atoms with E-state index in [9.17, 15) is 0 Å². The van der Waals surface area contributed by atoms with Crippen molar-refractivity contribution in [1.29, 1.82) is 0 Å². The van der Waals surface area contributed by atoms with Gasteiger partial charge in [-0.05, 0) is 37.6 Å². The second-order valence-electron chi connectivity index (χ2n) is 5.01. The maximum Gasteiger partial charge on any atom is 0.110 e. The molecule has 0 radical (unpaired) electrons. The molecule has 21 heavy (non-hydrogen) atoms. The van der Waals surface area contributed by atoms with Crippen molar-refractivity contribution in [2.75, 3.05) is 6.54 Å². The summed E-state index contributed by atoms with van der Waals surface area (Å²) in [6.07, 6.45) is 5.81. The van der Waals surface area contributed by atoms with E-state index >= 15 is 0 Å². The first kappa shape index (κ1) is 16.5. The molecule has 3 nitrogen and oxygen atoms in total. The Morgan fingerprint density at radius 2 is 2.19 bits per heavy atom. The monoisotopic (exact) mass is 369 g/mol. The molecule has 1 heterocycles. The molecule has 114 valence electrons. The third-order valence-electron chi connectivity index (χ3n) is 3.51. The maximum absolute atomic E-state index is 6.42. The Hall–Kier alpha value is -0.840. The minimum atomic E-state index is 0.179. The second-order valence-corrected chi connectivity index (χ2v) is 6.33. The molecule has 0 aliphatic rings. The number of aryl methyl sites for hydroxylation is 1. The molecule has 1 aromatic carbocycles. The first-order valence-corrected chi connectivity index (χ1v) is 8.51. The van der Waals surface area contributed by atoms with Gasteiger partial charge in [-0.2, -0.15) is 0 Å². The van der Waals surface area contributed by atoms with E-state index in [1.165, 1.54) is 0 Å². The zero-order chi connectivity index (χ0) is 15.2. The molecule has 1 atom stereocenters. The van der Waals surface area contributed by atoms with Crippen molar-refractivity contribution < 1.29 is 0 Å². The van der Waals surface area contributed by atoms with Gasteiger partial charge in [-0.3, -0.25) is 0 Å². The van der Waals surface area contributed by atoms with E-state index in [-0.39, 0.29) is 6.04 Å². The highest BCUT2D eigenvalue weighted by Gasteiger charge is 2.17. The molecule has 5 heteroatoms. The second kappa shape index (κ2) is 7.97. The van der Waals surface area contributed by atoms with E-state index in [1.54, 1.807) is 0 Å². The SMILES string of the molecule is CCCNC(Cc1nccn1CC)c1ccc(Br)cc1Cl. The first-order valence-electron chi connectivity index (χ1n) is 7.34. The van der Waals surface area contributed by atoms with Gasteiger partial charge in [-0.1, -0.05) is 40.5 Å². The van der Waals surface area contributed by atoms with E-state index < -0.39 is 0 Å². The van der Waals surface area contributed by atoms with Crippen molar-refractivity contribution >= 4 is 27.5 Å². The fourth-order valence-corrected chi connectivity index (χ4v) is 3.20. The number of benzene rings is 1. The molecular weight excluding hydrogens is 350 g/mol. The first-order chi connectivity index (χ1) is 10.2. The van der Waals surface area contributed by atoms with Crippen LogP contribution in [0.25, 0.3) is 0 Å². The molecule has 1 N–H and O–H groups in total. The van der Waals surface area contributed by atoms with Crippen molar-refractivity contribution in [2.24, 2.45) is 0 Å². The summed E-state index contributed by atoms with van der Waals surface area (Å²) in [6.45, 7) is 6.19. The van der Waals surface area contributed by atoms with Crippen LogP contribution in [0.1, 0.15) is 37.7 Å². The summed E-state index contributed by atoms with van der Waals surface area (Å²) in [6, 6.07) is 6.25. The van der Waals surface area contributed by atoms with Crippen molar-refractivity contribution in [1.82, 2.24) is 14.9 Å². The molecular formula is C16H21BrClN3. The lowest BCUT2D eigenvalue weighted by molar-refractivity contribution is 0.506. The fraction of sp³-hybridized carbons (Fsp3) is 0.438. The normalized spacial score (nSPS) is 12.6. The van der Waals surface area contributed by atoms with Crippen molar-refractivity contribution in [3.05, 3.63) is 51.5 Å². The molecule has 2 aromatic rings. The third-order valence-corrected chi connectivity index (χ3v) is 4.33. The van der Waals surface area contributed by atoms with Crippen LogP contribution in [-0.4, -0.2) is 16.1 Å². The molecule has 0 fully saturated rings. The smallest absolute Gasteiger partial charge is 0.110 e. The quantitative estimate of drug-likeness (QED) is 0.772. The van der Waals surface area contributed by atoms with E-state index in [0.29, 0.717) is 0 Å². The molecule has 0 bridgehead atoms. The number of halogens is 2. The van der Waals surface area contributed by atoms with Crippen LogP contribution in [0.4, 0.5) is 0 Å². The number of hydrogen-bond donors (Lipinski definition) is 1. The minimum Gasteiger partial charge on any atom is -0.335 e. The predicted molar refractivity (Wildman–Crippen MR) is 91.8 cm³/mol. The molecule has 0 amide bonds. The van der Waals surface area contributed by atoms with Crippen LogP contribution < -0.4 is 5.32 Å². The van der Waals surface area contributed by atoms with Crippen LogP contribution in [0.3, 0.4) is 0 Å². The maximum atomic E-state index is 6.42. The lowest BCUT2D eigenvalue weighted by Crippen LogP contribution is -2.25. The van der Waals surface area contributed by atoms with Crippen molar-refractivity contribution in [3.8, 4) is 0 Å². The fourth-order valence-electron chi connectivity index (χ4n) is 2.40. The highest BCUT2D eigenvalue weighted by Crippen LogP contribution is 2.28. The summed E-state index contributed by atoms with van der Waals surface area (Å²) in [5, 5.41) is 4.37. The van der Waals surface area contributed by atoms with Crippen molar-refractivity contribution in [3.63, 3.8) is 0 Å². The standard InChI is InChI=1S/C16H21BrClN3/c1-3-7-19-15(11-16-20-8-9-21(16)4-2)13-6-5-12(17)10-14(13)18/h5-6,8-10,15,19H,3-4,7,11H2,1-2H3. The zero-order valence-electron chi connectivity index (χ0n) is 12.4. The summed E-state index contributed by atoms with van der Waals surface area (Å²) >= 11 is 9.88. The largest absolute Gasteiger partial charge is 0.335 e. The average Bonchev–Trinajstić information content (AvgIpc) is 2.91. The van der Waals surface area contributed by atoms with Crippen LogP contribution >= 0.6 is 27.5 Å². The van der Waals surface area contributed by atoms with Gasteiger partial charge in [0.25, 0.3) is 0 Å². The molecule has 2 rings (SSSR count). The number of imidazole rings is 1. The van der Waals surface area contributed by atoms with Crippen LogP contribution in [-0.2, 0) is 13.0 Å². The van der Waals surface area contributed by atoms with Gasteiger partial charge in [-0.15, -0.1) is 0 Å². The van der Waals surface area contributed by atoms with E-state index in [4.69, 9.17) is 11.6 Å². The molecule has 0 aliphatic heterocycles. The van der Waals surface area contributed by atoms with Crippen LogP contribution in [0.5, 0.6) is 0 Å². The van der Waals surface area contributed by atoms with E-state index in [1.807, 2.05) is 24.5 Å². The average molecular weight is 371 g/mol. The Kier molecular flexibility index (Phi) is 6.27. The van der Waals surface area contributed by atoms with Crippen molar-refractivity contribution in [2.45, 2.75) is 39.3 Å². The zero-order valence-corrected chi connectivity index (χ0v) is 14.8. The molecule has 0 saturated heterocycles. The topological polar surface area (TPSA) is 29.9 Å². The van der Waals surface area contributed by atoms with Gasteiger partial charge in [0, 0.05) is 40.9 Å². The van der Waals surface area contributed by atoms with Crippen LogP contribution in [0, 0.1) is 0 Å². The van der Waals surface area contributed by atoms with Crippen LogP contribution in [0.2, 0.25) is 5.02 Å². The highest BCUT2D eigenvalue weighted by atomic mass is 79.9. The molecule has 0 spiro atoms. The summed E-state index contributed by atoms with van der Waals surface area (Å²) in [5.74, 6) is 1.09. The van der Waals surface area contributed by atoms with Crippen LogP contribution in [0.15, 0.2) is 35.1 Å². The Morgan fingerprint density at radius 1 is 1.38 bits per heavy atom. The van der Waals surface area contributed by atoms with Gasteiger partial charge < -0.3 is 9.88 Å². The highest BCUT2D eigenvalue weighted by molar-refractivity contribution is 9.10. The van der Waals surface area contributed by atoms with E-state index in [2.05, 4.69) is 50.7 Å². The molecule has 1 unspecified atom stereocenters. The molecule has 0 aliphatic carbocycles. The van der Waals surface area contributed by atoms with Gasteiger partial charge in [-0.25, -0.2) is 4.98 Å². The van der Waals surface area contributed by atoms with Gasteiger partial charge in [0.1, 0.15) is 5.82 Å². The third kappa shape index (κ3) is 4.31. The predicted octanol–water partition coefficient (Wildman–Crippen LogP) is 4.60. The Bertz CT molecular complexity index is 583.